The molecule has 0 saturated carbocycles. The van der Waals surface area contributed by atoms with E-state index in [1.165, 1.54) is 37.3 Å². The summed E-state index contributed by atoms with van der Waals surface area (Å²) in [5.41, 5.74) is -0.609. The Morgan fingerprint density at radius 2 is 1.78 bits per heavy atom. The molecule has 276 valence electrons. The van der Waals surface area contributed by atoms with Crippen molar-refractivity contribution in [2.75, 3.05) is 20.0 Å². The standard InChI is InChI=1S/C33H41F3N2O12/c1-18(40)27(30(44)37-21(15-39)10-12-26(42)50-32(2,3)4)38-29(43)20-13-23-28(48-17-47-23)24(14-20)49-31(45)22-8-6-5-7-19(22)9-11-25(41)46-16-33(34,35)36/h5-9,11,13,18,21,23-24,27-28,39-40H,10,12,14-17H2,1-4H3,(H,37,44)(H,38,43)/t18-,21-,23+,24+,27+,28+/m0/s1. The maximum atomic E-state index is 13.4. The van der Waals surface area contributed by atoms with Crippen LogP contribution in [0, 0.1) is 0 Å². The molecule has 3 rings (SSSR count). The predicted molar refractivity (Wildman–Crippen MR) is 167 cm³/mol. The lowest BCUT2D eigenvalue weighted by Crippen LogP contribution is -2.55. The Morgan fingerprint density at radius 3 is 2.42 bits per heavy atom. The van der Waals surface area contributed by atoms with E-state index in [0.717, 1.165) is 12.2 Å². The molecule has 1 aromatic rings. The molecule has 0 unspecified atom stereocenters. The molecule has 2 aliphatic rings. The number of ether oxygens (including phenoxy) is 5. The Balaban J connectivity index is 1.68. The minimum absolute atomic E-state index is 0.0251. The lowest BCUT2D eigenvalue weighted by atomic mass is 9.91. The number of carbonyl (C=O) groups excluding carboxylic acids is 5. The number of aliphatic hydroxyl groups is 2. The van der Waals surface area contributed by atoms with Crippen molar-refractivity contribution in [3.8, 4) is 0 Å². The molecule has 1 heterocycles. The summed E-state index contributed by atoms with van der Waals surface area (Å²) in [6, 6.07) is 3.41. The molecular formula is C33H41F3N2O12. The van der Waals surface area contributed by atoms with Crippen LogP contribution in [0.4, 0.5) is 13.2 Å². The quantitative estimate of drug-likeness (QED) is 0.124. The fourth-order valence-electron chi connectivity index (χ4n) is 4.94. The summed E-state index contributed by atoms with van der Waals surface area (Å²) >= 11 is 0. The highest BCUT2D eigenvalue weighted by atomic mass is 19.4. The van der Waals surface area contributed by atoms with Crippen LogP contribution in [0.2, 0.25) is 0 Å². The molecule has 6 atom stereocenters. The van der Waals surface area contributed by atoms with E-state index in [1.807, 2.05) is 0 Å². The molecule has 1 aliphatic carbocycles. The number of rotatable bonds is 14. The van der Waals surface area contributed by atoms with Gasteiger partial charge < -0.3 is 44.5 Å². The van der Waals surface area contributed by atoms with E-state index >= 15 is 0 Å². The average molecular weight is 715 g/mol. The second kappa shape index (κ2) is 17.6. The monoisotopic (exact) mass is 714 g/mol. The minimum Gasteiger partial charge on any atom is -0.460 e. The molecule has 1 saturated heterocycles. The largest absolute Gasteiger partial charge is 0.460 e. The Hall–Kier alpha value is -4.32. The van der Waals surface area contributed by atoms with E-state index in [2.05, 4.69) is 15.4 Å². The van der Waals surface area contributed by atoms with Gasteiger partial charge >= 0.3 is 24.1 Å². The topological polar surface area (TPSA) is 196 Å². The molecule has 17 heteroatoms. The normalized spacial score (nSPS) is 20.9. The van der Waals surface area contributed by atoms with E-state index < -0.39 is 91.2 Å². The van der Waals surface area contributed by atoms with E-state index in [4.69, 9.17) is 18.9 Å². The molecule has 2 amide bonds. The zero-order valence-corrected chi connectivity index (χ0v) is 27.9. The lowest BCUT2D eigenvalue weighted by Gasteiger charge is -2.31. The van der Waals surface area contributed by atoms with Crippen molar-refractivity contribution in [2.45, 2.75) is 95.2 Å². The van der Waals surface area contributed by atoms with Crippen molar-refractivity contribution in [3.63, 3.8) is 0 Å². The lowest BCUT2D eigenvalue weighted by molar-refractivity contribution is -0.182. The van der Waals surface area contributed by atoms with Crippen molar-refractivity contribution >= 4 is 35.8 Å². The molecule has 1 fully saturated rings. The van der Waals surface area contributed by atoms with Crippen LogP contribution in [0.25, 0.3) is 6.08 Å². The number of benzene rings is 1. The SMILES string of the molecule is C[C@H](O)[C@@H](NC(=O)C1=C[C@H]2OCO[C@H]2[C@H](OC(=O)c2ccccc2C=CC(=O)OCC(F)(F)F)C1)C(=O)N[C@H](CO)CCC(=O)OC(C)(C)C. The highest BCUT2D eigenvalue weighted by molar-refractivity contribution is 5.98. The molecule has 1 aliphatic heterocycles. The van der Waals surface area contributed by atoms with Crippen LogP contribution in [0.5, 0.6) is 0 Å². The van der Waals surface area contributed by atoms with Gasteiger partial charge in [-0.15, -0.1) is 0 Å². The fourth-order valence-corrected chi connectivity index (χ4v) is 4.94. The summed E-state index contributed by atoms with van der Waals surface area (Å²) in [6.45, 7) is 3.86. The number of halogens is 3. The molecule has 0 spiro atoms. The zero-order valence-electron chi connectivity index (χ0n) is 27.9. The molecule has 0 bridgehead atoms. The fraction of sp³-hybridized carbons (Fsp3) is 0.545. The first-order chi connectivity index (χ1) is 23.4. The maximum absolute atomic E-state index is 13.4. The zero-order chi connectivity index (χ0) is 37.2. The van der Waals surface area contributed by atoms with Gasteiger partial charge in [-0.05, 0) is 57.9 Å². The average Bonchev–Trinajstić information content (AvgIpc) is 3.51. The number of nitrogens with one attached hydrogen (secondary N) is 2. The first-order valence-electron chi connectivity index (χ1n) is 15.6. The Morgan fingerprint density at radius 1 is 1.08 bits per heavy atom. The number of hydrogen-bond donors (Lipinski definition) is 4. The van der Waals surface area contributed by atoms with Crippen LogP contribution in [0.3, 0.4) is 0 Å². The van der Waals surface area contributed by atoms with Crippen LogP contribution in [-0.2, 0) is 42.9 Å². The predicted octanol–water partition coefficient (Wildman–Crippen LogP) is 1.87. The van der Waals surface area contributed by atoms with Gasteiger partial charge in [0.1, 0.15) is 36.7 Å². The first kappa shape index (κ1) is 40.1. The van der Waals surface area contributed by atoms with Crippen molar-refractivity contribution in [2.24, 2.45) is 0 Å². The van der Waals surface area contributed by atoms with Crippen molar-refractivity contribution in [3.05, 3.63) is 53.1 Å². The van der Waals surface area contributed by atoms with Gasteiger partial charge in [-0.1, -0.05) is 18.2 Å². The van der Waals surface area contributed by atoms with Crippen LogP contribution in [0.1, 0.15) is 62.9 Å². The molecule has 14 nitrogen and oxygen atoms in total. The molecule has 50 heavy (non-hydrogen) atoms. The summed E-state index contributed by atoms with van der Waals surface area (Å²) in [5, 5.41) is 25.1. The maximum Gasteiger partial charge on any atom is 0.422 e. The van der Waals surface area contributed by atoms with Gasteiger partial charge in [-0.25, -0.2) is 9.59 Å². The third-order valence-corrected chi connectivity index (χ3v) is 7.24. The van der Waals surface area contributed by atoms with E-state index in [1.54, 1.807) is 20.8 Å². The van der Waals surface area contributed by atoms with E-state index in [0.29, 0.717) is 0 Å². The minimum atomic E-state index is -4.71. The van der Waals surface area contributed by atoms with Crippen LogP contribution in [-0.4, -0.2) is 108 Å². The second-order valence-corrected chi connectivity index (χ2v) is 12.6. The van der Waals surface area contributed by atoms with Crippen molar-refractivity contribution in [1.29, 1.82) is 0 Å². The van der Waals surface area contributed by atoms with Crippen LogP contribution >= 0.6 is 0 Å². The highest BCUT2D eigenvalue weighted by Crippen LogP contribution is 2.31. The van der Waals surface area contributed by atoms with Crippen molar-refractivity contribution in [1.82, 2.24) is 10.6 Å². The number of aliphatic hydroxyl groups excluding tert-OH is 2. The summed E-state index contributed by atoms with van der Waals surface area (Å²) in [6.07, 6.45) is -5.86. The molecule has 1 aromatic carbocycles. The third kappa shape index (κ3) is 12.5. The molecule has 4 N–H and O–H groups in total. The van der Waals surface area contributed by atoms with Crippen LogP contribution < -0.4 is 10.6 Å². The van der Waals surface area contributed by atoms with Crippen molar-refractivity contribution < 1.29 is 71.0 Å². The Bertz CT molecular complexity index is 1450. The number of alkyl halides is 3. The summed E-state index contributed by atoms with van der Waals surface area (Å²) < 4.78 is 63.2. The first-order valence-corrected chi connectivity index (χ1v) is 15.6. The van der Waals surface area contributed by atoms with Gasteiger partial charge in [0.05, 0.1) is 24.3 Å². The Labute approximate surface area is 285 Å². The smallest absolute Gasteiger partial charge is 0.422 e. The second-order valence-electron chi connectivity index (χ2n) is 12.6. The van der Waals surface area contributed by atoms with Gasteiger partial charge in [0.25, 0.3) is 0 Å². The van der Waals surface area contributed by atoms with Gasteiger partial charge in [0.2, 0.25) is 11.8 Å². The van der Waals surface area contributed by atoms with Crippen LogP contribution in [0.15, 0.2) is 42.0 Å². The molecule has 0 aromatic heterocycles. The number of hydrogen-bond acceptors (Lipinski definition) is 12. The number of amides is 2. The summed E-state index contributed by atoms with van der Waals surface area (Å²) in [4.78, 5) is 63.6. The summed E-state index contributed by atoms with van der Waals surface area (Å²) in [5.74, 6) is -4.35. The molecular weight excluding hydrogens is 673 g/mol. The van der Waals surface area contributed by atoms with Gasteiger partial charge in [0.15, 0.2) is 6.61 Å². The van der Waals surface area contributed by atoms with E-state index in [-0.39, 0.29) is 42.8 Å². The number of esters is 3. The third-order valence-electron chi connectivity index (χ3n) is 7.24. The van der Waals surface area contributed by atoms with Gasteiger partial charge in [0, 0.05) is 24.5 Å². The Kier molecular flexibility index (Phi) is 14.1. The number of fused-ring (bicyclic) bond motifs is 1. The number of carbonyl (C=O) groups is 5. The van der Waals surface area contributed by atoms with Gasteiger partial charge in [-0.2, -0.15) is 13.2 Å². The highest BCUT2D eigenvalue weighted by Gasteiger charge is 2.43. The summed E-state index contributed by atoms with van der Waals surface area (Å²) in [7, 11) is 0. The van der Waals surface area contributed by atoms with Gasteiger partial charge in [-0.3, -0.25) is 14.4 Å². The van der Waals surface area contributed by atoms with E-state index in [9.17, 15) is 47.4 Å². The molecule has 0 radical (unpaired) electrons.